The number of fused-ring (bicyclic) bond motifs is 3. The predicted octanol–water partition coefficient (Wildman–Crippen LogP) is 3.92. The number of anilines is 1. The number of hydrogen-bond acceptors (Lipinski definition) is 5. The quantitative estimate of drug-likeness (QED) is 0.413. The molecule has 5 rings (SSSR count). The molecule has 0 spiro atoms. The molecule has 0 saturated heterocycles. The van der Waals surface area contributed by atoms with Crippen molar-refractivity contribution >= 4 is 27.8 Å². The van der Waals surface area contributed by atoms with E-state index in [0.29, 0.717) is 0 Å². The molecule has 0 fully saturated rings. The van der Waals surface area contributed by atoms with Gasteiger partial charge in [0, 0.05) is 50.5 Å². The van der Waals surface area contributed by atoms with Crippen molar-refractivity contribution in [2.75, 3.05) is 18.5 Å². The number of aromatic nitrogens is 6. The van der Waals surface area contributed by atoms with E-state index in [1.54, 1.807) is 22.4 Å². The summed E-state index contributed by atoms with van der Waals surface area (Å²) in [6.07, 6.45) is 5.59. The molecule has 5 aromatic rings. The Morgan fingerprint density at radius 2 is 1.82 bits per heavy atom. The average Bonchev–Trinajstić information content (AvgIpc) is 3.34. The van der Waals surface area contributed by atoms with Crippen LogP contribution in [0.25, 0.3) is 38.8 Å². The van der Waals surface area contributed by atoms with Crippen LogP contribution in [0.4, 0.5) is 5.82 Å². The molecule has 33 heavy (non-hydrogen) atoms. The minimum Gasteiger partial charge on any atom is -0.360 e. The SMILES string of the molecule is CCN(C)c1ccc(-c2ccc3ncc4c(c3c2)n(-c2cn(CC)nc2C)c(=O)n4C)cn1. The molecule has 4 heterocycles. The molecular formula is C25H27N7O. The highest BCUT2D eigenvalue weighted by Crippen LogP contribution is 2.30. The summed E-state index contributed by atoms with van der Waals surface area (Å²) >= 11 is 0. The summed E-state index contributed by atoms with van der Waals surface area (Å²) in [5.41, 5.74) is 5.99. The van der Waals surface area contributed by atoms with Gasteiger partial charge in [0.05, 0.1) is 34.1 Å². The highest BCUT2D eigenvalue weighted by Gasteiger charge is 2.19. The number of benzene rings is 1. The van der Waals surface area contributed by atoms with Gasteiger partial charge in [0.2, 0.25) is 0 Å². The third-order valence-electron chi connectivity index (χ3n) is 6.32. The van der Waals surface area contributed by atoms with Crippen molar-refractivity contribution in [2.45, 2.75) is 27.3 Å². The Hall–Kier alpha value is -3.94. The molecule has 0 atom stereocenters. The van der Waals surface area contributed by atoms with Crippen LogP contribution >= 0.6 is 0 Å². The minimum absolute atomic E-state index is 0.114. The van der Waals surface area contributed by atoms with E-state index in [9.17, 15) is 4.79 Å². The van der Waals surface area contributed by atoms with E-state index in [-0.39, 0.29) is 5.69 Å². The van der Waals surface area contributed by atoms with Crippen molar-refractivity contribution in [3.63, 3.8) is 0 Å². The second kappa shape index (κ2) is 7.88. The van der Waals surface area contributed by atoms with Crippen LogP contribution in [0.5, 0.6) is 0 Å². The lowest BCUT2D eigenvalue weighted by Gasteiger charge is -2.15. The Kier molecular flexibility index (Phi) is 5.00. The molecule has 8 nitrogen and oxygen atoms in total. The second-order valence-corrected chi connectivity index (χ2v) is 8.28. The largest absolute Gasteiger partial charge is 0.360 e. The number of aryl methyl sites for hydroxylation is 3. The lowest BCUT2D eigenvalue weighted by Crippen LogP contribution is -2.21. The molecule has 0 aliphatic carbocycles. The van der Waals surface area contributed by atoms with Crippen LogP contribution in [0.2, 0.25) is 0 Å². The van der Waals surface area contributed by atoms with Crippen molar-refractivity contribution in [2.24, 2.45) is 7.05 Å². The molecule has 168 valence electrons. The molecule has 8 heteroatoms. The van der Waals surface area contributed by atoms with Crippen molar-refractivity contribution < 1.29 is 0 Å². The molecule has 0 bridgehead atoms. The van der Waals surface area contributed by atoms with Gasteiger partial charge in [0.1, 0.15) is 5.82 Å². The number of imidazole rings is 1. The first kappa shape index (κ1) is 20.9. The van der Waals surface area contributed by atoms with E-state index >= 15 is 0 Å². The van der Waals surface area contributed by atoms with Crippen molar-refractivity contribution in [3.05, 3.63) is 65.1 Å². The van der Waals surface area contributed by atoms with Gasteiger partial charge in [-0.1, -0.05) is 6.07 Å². The van der Waals surface area contributed by atoms with Gasteiger partial charge >= 0.3 is 5.69 Å². The van der Waals surface area contributed by atoms with E-state index in [0.717, 1.165) is 63.4 Å². The van der Waals surface area contributed by atoms with Crippen molar-refractivity contribution in [3.8, 4) is 16.8 Å². The molecule has 0 radical (unpaired) electrons. The number of nitrogens with zero attached hydrogens (tertiary/aromatic N) is 7. The first-order chi connectivity index (χ1) is 15.9. The van der Waals surface area contributed by atoms with Gasteiger partial charge in [0.15, 0.2) is 0 Å². The molecule has 0 unspecified atom stereocenters. The van der Waals surface area contributed by atoms with E-state index in [1.807, 2.05) is 56.2 Å². The standard InChI is InChI=1S/C25H27N7O/c1-6-29(4)23-11-9-18(13-27-23)17-8-10-20-19(12-17)24-21(14-26-20)30(5)25(33)32(24)22-15-31(7-2)28-16(22)3/h8-15H,6-7H2,1-5H3. The maximum absolute atomic E-state index is 13.3. The average molecular weight is 442 g/mol. The van der Waals surface area contributed by atoms with Gasteiger partial charge in [-0.25, -0.2) is 9.78 Å². The third kappa shape index (κ3) is 3.29. The third-order valence-corrected chi connectivity index (χ3v) is 6.32. The smallest absolute Gasteiger partial charge is 0.333 e. The first-order valence-electron chi connectivity index (χ1n) is 11.1. The molecule has 0 N–H and O–H groups in total. The summed E-state index contributed by atoms with van der Waals surface area (Å²) in [4.78, 5) is 24.7. The normalized spacial score (nSPS) is 11.5. The van der Waals surface area contributed by atoms with Gasteiger partial charge in [-0.05, 0) is 50.6 Å². The maximum Gasteiger partial charge on any atom is 0.333 e. The number of hydrogen-bond donors (Lipinski definition) is 0. The molecule has 0 aliphatic rings. The Morgan fingerprint density at radius 3 is 2.48 bits per heavy atom. The summed E-state index contributed by atoms with van der Waals surface area (Å²) in [7, 11) is 3.81. The zero-order chi connectivity index (χ0) is 23.3. The highest BCUT2D eigenvalue weighted by atomic mass is 16.1. The van der Waals surface area contributed by atoms with Crippen LogP contribution in [-0.2, 0) is 13.6 Å². The summed E-state index contributed by atoms with van der Waals surface area (Å²) < 4.78 is 5.26. The fourth-order valence-corrected chi connectivity index (χ4v) is 4.23. The Morgan fingerprint density at radius 1 is 1.03 bits per heavy atom. The van der Waals surface area contributed by atoms with Gasteiger partial charge < -0.3 is 4.90 Å². The van der Waals surface area contributed by atoms with Crippen molar-refractivity contribution in [1.29, 1.82) is 0 Å². The lowest BCUT2D eigenvalue weighted by molar-refractivity contribution is 0.653. The van der Waals surface area contributed by atoms with Crippen LogP contribution < -0.4 is 10.6 Å². The fourth-order valence-electron chi connectivity index (χ4n) is 4.23. The first-order valence-corrected chi connectivity index (χ1v) is 11.1. The van der Waals surface area contributed by atoms with E-state index < -0.39 is 0 Å². The molecule has 0 aliphatic heterocycles. The molecule has 0 amide bonds. The predicted molar refractivity (Wildman–Crippen MR) is 132 cm³/mol. The second-order valence-electron chi connectivity index (χ2n) is 8.28. The van der Waals surface area contributed by atoms with Crippen LogP contribution in [-0.4, -0.2) is 42.5 Å². The number of rotatable bonds is 5. The van der Waals surface area contributed by atoms with Crippen LogP contribution in [0.15, 0.2) is 53.7 Å². The maximum atomic E-state index is 13.3. The monoisotopic (exact) mass is 441 g/mol. The summed E-state index contributed by atoms with van der Waals surface area (Å²) in [6, 6.07) is 10.3. The van der Waals surface area contributed by atoms with Crippen LogP contribution in [0.1, 0.15) is 19.5 Å². The number of pyridine rings is 2. The minimum atomic E-state index is -0.114. The van der Waals surface area contributed by atoms with E-state index in [4.69, 9.17) is 0 Å². The summed E-state index contributed by atoms with van der Waals surface area (Å²) in [5, 5.41) is 5.47. The highest BCUT2D eigenvalue weighted by molar-refractivity contribution is 6.04. The fraction of sp³-hybridized carbons (Fsp3) is 0.280. The zero-order valence-corrected chi connectivity index (χ0v) is 19.6. The zero-order valence-electron chi connectivity index (χ0n) is 19.6. The molecule has 4 aromatic heterocycles. The Labute approximate surface area is 191 Å². The molecular weight excluding hydrogens is 414 g/mol. The lowest BCUT2D eigenvalue weighted by atomic mass is 10.0. The summed E-state index contributed by atoms with van der Waals surface area (Å²) in [5.74, 6) is 0.936. The summed E-state index contributed by atoms with van der Waals surface area (Å²) in [6.45, 7) is 7.70. The Bertz CT molecular complexity index is 1540. The van der Waals surface area contributed by atoms with Gasteiger partial charge in [0.25, 0.3) is 0 Å². The van der Waals surface area contributed by atoms with E-state index in [2.05, 4.69) is 39.0 Å². The molecule has 1 aromatic carbocycles. The van der Waals surface area contributed by atoms with Crippen LogP contribution in [0, 0.1) is 6.92 Å². The Balaban J connectivity index is 1.76. The van der Waals surface area contributed by atoms with E-state index in [1.165, 1.54) is 0 Å². The molecule has 0 saturated carbocycles. The van der Waals surface area contributed by atoms with Gasteiger partial charge in [-0.2, -0.15) is 5.10 Å². The van der Waals surface area contributed by atoms with Crippen molar-refractivity contribution in [1.82, 2.24) is 28.9 Å². The van der Waals surface area contributed by atoms with Gasteiger partial charge in [-0.15, -0.1) is 0 Å². The van der Waals surface area contributed by atoms with Crippen LogP contribution in [0.3, 0.4) is 0 Å². The topological polar surface area (TPSA) is 73.8 Å². The van der Waals surface area contributed by atoms with Gasteiger partial charge in [-0.3, -0.25) is 18.8 Å².